The Morgan fingerprint density at radius 2 is 2.00 bits per heavy atom. The molecule has 0 bridgehead atoms. The third kappa shape index (κ3) is 5.18. The van der Waals surface area contributed by atoms with E-state index in [0.29, 0.717) is 30.4 Å². The topological polar surface area (TPSA) is 48.1 Å². The van der Waals surface area contributed by atoms with Crippen molar-refractivity contribution in [1.29, 1.82) is 0 Å². The number of halogens is 1. The molecule has 0 unspecified atom stereocenters. The van der Waals surface area contributed by atoms with Gasteiger partial charge in [-0.3, -0.25) is 0 Å². The molecule has 7 heteroatoms. The number of anilines is 1. The fourth-order valence-corrected chi connectivity index (χ4v) is 2.97. The summed E-state index contributed by atoms with van der Waals surface area (Å²) >= 11 is 6.19. The number of rotatable bonds is 6. The number of methoxy groups -OCH3 is 1. The van der Waals surface area contributed by atoms with Gasteiger partial charge in [0.15, 0.2) is 0 Å². The zero-order valence-electron chi connectivity index (χ0n) is 14.7. The number of nitrogens with one attached hydrogen (secondary N) is 1. The van der Waals surface area contributed by atoms with Crippen LogP contribution in [0.3, 0.4) is 0 Å². The SMILES string of the molecule is COc1ccc(N2CCN(C(=O)NCCCN(C)C)CC2)cc1Cl. The van der Waals surface area contributed by atoms with Crippen molar-refractivity contribution in [2.75, 3.05) is 65.4 Å². The highest BCUT2D eigenvalue weighted by molar-refractivity contribution is 6.32. The van der Waals surface area contributed by atoms with Crippen molar-refractivity contribution in [2.24, 2.45) is 0 Å². The summed E-state index contributed by atoms with van der Waals surface area (Å²) in [5.41, 5.74) is 1.06. The molecule has 1 aromatic rings. The first-order valence-corrected chi connectivity index (χ1v) is 8.65. The molecule has 134 valence electrons. The minimum absolute atomic E-state index is 0.0289. The molecule has 0 radical (unpaired) electrons. The van der Waals surface area contributed by atoms with Crippen molar-refractivity contribution < 1.29 is 9.53 Å². The summed E-state index contributed by atoms with van der Waals surface area (Å²) in [6.07, 6.45) is 0.961. The van der Waals surface area contributed by atoms with Gasteiger partial charge in [-0.15, -0.1) is 0 Å². The molecule has 1 N–H and O–H groups in total. The Balaban J connectivity index is 1.78. The maximum absolute atomic E-state index is 12.2. The fraction of sp³-hybridized carbons (Fsp3) is 0.588. The number of urea groups is 1. The molecule has 2 rings (SSSR count). The third-order valence-electron chi connectivity index (χ3n) is 4.13. The Morgan fingerprint density at radius 3 is 2.58 bits per heavy atom. The van der Waals surface area contributed by atoms with E-state index in [1.54, 1.807) is 7.11 Å². The van der Waals surface area contributed by atoms with Crippen LogP contribution in [0.5, 0.6) is 5.75 Å². The molecule has 1 aromatic carbocycles. The van der Waals surface area contributed by atoms with Gasteiger partial charge in [-0.1, -0.05) is 11.6 Å². The van der Waals surface area contributed by atoms with Crippen molar-refractivity contribution in [3.63, 3.8) is 0 Å². The smallest absolute Gasteiger partial charge is 0.317 e. The van der Waals surface area contributed by atoms with Gasteiger partial charge < -0.3 is 24.8 Å². The molecule has 24 heavy (non-hydrogen) atoms. The van der Waals surface area contributed by atoms with Crippen molar-refractivity contribution in [3.05, 3.63) is 23.2 Å². The van der Waals surface area contributed by atoms with Gasteiger partial charge in [-0.2, -0.15) is 0 Å². The molecule has 1 fully saturated rings. The molecule has 0 aliphatic carbocycles. The number of hydrogen-bond donors (Lipinski definition) is 1. The zero-order chi connectivity index (χ0) is 17.5. The van der Waals surface area contributed by atoms with E-state index in [1.807, 2.05) is 37.2 Å². The van der Waals surface area contributed by atoms with E-state index in [9.17, 15) is 4.79 Å². The molecule has 0 saturated carbocycles. The maximum atomic E-state index is 12.2. The molecule has 0 atom stereocenters. The molecule has 1 aliphatic heterocycles. The van der Waals surface area contributed by atoms with Crippen LogP contribution in [0.1, 0.15) is 6.42 Å². The van der Waals surface area contributed by atoms with Crippen LogP contribution in [0.15, 0.2) is 18.2 Å². The first kappa shape index (κ1) is 18.7. The van der Waals surface area contributed by atoms with Crippen LogP contribution in [0, 0.1) is 0 Å². The third-order valence-corrected chi connectivity index (χ3v) is 4.42. The number of amides is 2. The normalized spacial score (nSPS) is 14.9. The standard InChI is InChI=1S/C17H27ClN4O2/c1-20(2)8-4-7-19-17(23)22-11-9-21(10-12-22)14-5-6-16(24-3)15(18)13-14/h5-6,13H,4,7-12H2,1-3H3,(H,19,23). The highest BCUT2D eigenvalue weighted by Gasteiger charge is 2.21. The molecule has 6 nitrogen and oxygen atoms in total. The quantitative estimate of drug-likeness (QED) is 0.795. The lowest BCUT2D eigenvalue weighted by Gasteiger charge is -2.36. The summed E-state index contributed by atoms with van der Waals surface area (Å²) in [5.74, 6) is 0.677. The summed E-state index contributed by atoms with van der Waals surface area (Å²) in [4.78, 5) is 18.4. The van der Waals surface area contributed by atoms with E-state index < -0.39 is 0 Å². The number of carbonyl (C=O) groups is 1. The first-order valence-electron chi connectivity index (χ1n) is 8.27. The summed E-state index contributed by atoms with van der Waals surface area (Å²) in [7, 11) is 5.68. The second-order valence-electron chi connectivity index (χ2n) is 6.18. The fourth-order valence-electron chi connectivity index (χ4n) is 2.72. The number of carbonyl (C=O) groups excluding carboxylic acids is 1. The van der Waals surface area contributed by atoms with Crippen LogP contribution in [0.2, 0.25) is 5.02 Å². The highest BCUT2D eigenvalue weighted by Crippen LogP contribution is 2.29. The minimum atomic E-state index is 0.0289. The Labute approximate surface area is 149 Å². The van der Waals surface area contributed by atoms with Gasteiger partial charge in [0.25, 0.3) is 0 Å². The predicted molar refractivity (Wildman–Crippen MR) is 98.4 cm³/mol. The van der Waals surface area contributed by atoms with Crippen molar-refractivity contribution in [1.82, 2.24) is 15.1 Å². The number of hydrogen-bond acceptors (Lipinski definition) is 4. The molecular formula is C17H27ClN4O2. The van der Waals surface area contributed by atoms with Crippen LogP contribution in [0.25, 0.3) is 0 Å². The van der Waals surface area contributed by atoms with Crippen LogP contribution in [0.4, 0.5) is 10.5 Å². The summed E-state index contributed by atoms with van der Waals surface area (Å²) in [6, 6.07) is 5.82. The highest BCUT2D eigenvalue weighted by atomic mass is 35.5. The van der Waals surface area contributed by atoms with Crippen LogP contribution >= 0.6 is 11.6 Å². The number of piperazine rings is 1. The van der Waals surface area contributed by atoms with Gasteiger partial charge >= 0.3 is 6.03 Å². The second kappa shape index (κ2) is 8.99. The van der Waals surface area contributed by atoms with E-state index >= 15 is 0 Å². The molecule has 1 heterocycles. The number of nitrogens with zero attached hydrogens (tertiary/aromatic N) is 3. The average molecular weight is 355 g/mol. The second-order valence-corrected chi connectivity index (χ2v) is 6.59. The van der Waals surface area contributed by atoms with Gasteiger partial charge in [-0.25, -0.2) is 4.79 Å². The van der Waals surface area contributed by atoms with E-state index in [0.717, 1.165) is 31.7 Å². The van der Waals surface area contributed by atoms with Crippen molar-refractivity contribution in [2.45, 2.75) is 6.42 Å². The van der Waals surface area contributed by atoms with Crippen LogP contribution in [-0.2, 0) is 0 Å². The van der Waals surface area contributed by atoms with E-state index in [-0.39, 0.29) is 6.03 Å². The van der Waals surface area contributed by atoms with Crippen LogP contribution in [-0.4, -0.2) is 76.3 Å². The van der Waals surface area contributed by atoms with Gasteiger partial charge in [-0.05, 0) is 45.3 Å². The minimum Gasteiger partial charge on any atom is -0.495 e. The van der Waals surface area contributed by atoms with Gasteiger partial charge in [0.2, 0.25) is 0 Å². The average Bonchev–Trinajstić information content (AvgIpc) is 2.58. The zero-order valence-corrected chi connectivity index (χ0v) is 15.5. The molecule has 1 aliphatic rings. The first-order chi connectivity index (χ1) is 11.5. The lowest BCUT2D eigenvalue weighted by molar-refractivity contribution is 0.194. The van der Waals surface area contributed by atoms with Crippen molar-refractivity contribution in [3.8, 4) is 5.75 Å². The summed E-state index contributed by atoms with van der Waals surface area (Å²) in [6.45, 7) is 4.71. The number of ether oxygens (including phenoxy) is 1. The lowest BCUT2D eigenvalue weighted by atomic mass is 10.2. The molecular weight excluding hydrogens is 328 g/mol. The van der Waals surface area contributed by atoms with E-state index in [2.05, 4.69) is 15.1 Å². The Morgan fingerprint density at radius 1 is 1.29 bits per heavy atom. The Bertz CT molecular complexity index is 545. The molecule has 0 aromatic heterocycles. The molecule has 2 amide bonds. The summed E-state index contributed by atoms with van der Waals surface area (Å²) < 4.78 is 5.18. The van der Waals surface area contributed by atoms with Crippen molar-refractivity contribution >= 4 is 23.3 Å². The van der Waals surface area contributed by atoms with Gasteiger partial charge in [0.05, 0.1) is 12.1 Å². The van der Waals surface area contributed by atoms with Gasteiger partial charge in [0, 0.05) is 38.4 Å². The van der Waals surface area contributed by atoms with E-state index in [4.69, 9.17) is 16.3 Å². The maximum Gasteiger partial charge on any atom is 0.317 e. The Kier molecular flexibility index (Phi) is 6.99. The van der Waals surface area contributed by atoms with E-state index in [1.165, 1.54) is 0 Å². The predicted octanol–water partition coefficient (Wildman–Crippen LogP) is 2.13. The lowest BCUT2D eigenvalue weighted by Crippen LogP contribution is -2.52. The molecule has 1 saturated heterocycles. The number of benzene rings is 1. The monoisotopic (exact) mass is 354 g/mol. The largest absolute Gasteiger partial charge is 0.495 e. The summed E-state index contributed by atoms with van der Waals surface area (Å²) in [5, 5.41) is 3.60. The Hall–Kier alpha value is -1.66. The van der Waals surface area contributed by atoms with Gasteiger partial charge in [0.1, 0.15) is 5.75 Å². The molecule has 0 spiro atoms. The van der Waals surface area contributed by atoms with Crippen LogP contribution < -0.4 is 15.0 Å².